The first-order valence-electron chi connectivity index (χ1n) is 6.28. The van der Waals surface area contributed by atoms with Gasteiger partial charge in [0.25, 0.3) is 0 Å². The normalized spacial score (nSPS) is 26.7. The first-order chi connectivity index (χ1) is 7.27. The fourth-order valence-electron chi connectivity index (χ4n) is 2.04. The molecule has 0 aromatic carbocycles. The first-order valence-corrected chi connectivity index (χ1v) is 9.19. The van der Waals surface area contributed by atoms with Crippen molar-refractivity contribution in [2.75, 3.05) is 6.61 Å². The molecule has 0 aromatic rings. The standard InChI is InChI=1S/C14H24OSi/c1-13(2,3)16(4,5)15-11-12-10-14(12)8-6-7-9-14/h6-9,12H,10-11H2,1-5H3/t12-/m1/s1. The van der Waals surface area contributed by atoms with Gasteiger partial charge in [-0.05, 0) is 30.5 Å². The Kier molecular flexibility index (Phi) is 2.71. The van der Waals surface area contributed by atoms with Crippen molar-refractivity contribution < 1.29 is 4.43 Å². The summed E-state index contributed by atoms with van der Waals surface area (Å²) in [4.78, 5) is 0. The van der Waals surface area contributed by atoms with Crippen LogP contribution in [0.15, 0.2) is 24.3 Å². The molecule has 2 rings (SSSR count). The number of hydrogen-bond donors (Lipinski definition) is 0. The van der Waals surface area contributed by atoms with Gasteiger partial charge >= 0.3 is 0 Å². The molecule has 2 heteroatoms. The Morgan fingerprint density at radius 1 is 1.25 bits per heavy atom. The fraction of sp³-hybridized carbons (Fsp3) is 0.714. The minimum atomic E-state index is -1.54. The molecule has 1 saturated carbocycles. The van der Waals surface area contributed by atoms with Gasteiger partial charge in [0.1, 0.15) is 0 Å². The van der Waals surface area contributed by atoms with Crippen molar-refractivity contribution in [3.63, 3.8) is 0 Å². The van der Waals surface area contributed by atoms with Gasteiger partial charge in [0.05, 0.1) is 0 Å². The topological polar surface area (TPSA) is 9.23 Å². The van der Waals surface area contributed by atoms with Crippen LogP contribution < -0.4 is 0 Å². The predicted molar refractivity (Wildman–Crippen MR) is 72.0 cm³/mol. The van der Waals surface area contributed by atoms with E-state index in [0.717, 1.165) is 12.5 Å². The Bertz CT molecular complexity index is 321. The van der Waals surface area contributed by atoms with E-state index < -0.39 is 8.32 Å². The van der Waals surface area contributed by atoms with Gasteiger partial charge < -0.3 is 4.43 Å². The van der Waals surface area contributed by atoms with Crippen LogP contribution in [-0.2, 0) is 4.43 Å². The second-order valence-electron chi connectivity index (χ2n) is 6.80. The van der Waals surface area contributed by atoms with Crippen LogP contribution in [0, 0.1) is 11.3 Å². The molecule has 0 heterocycles. The highest BCUT2D eigenvalue weighted by molar-refractivity contribution is 6.74. The van der Waals surface area contributed by atoms with Crippen LogP contribution in [0.5, 0.6) is 0 Å². The molecule has 16 heavy (non-hydrogen) atoms. The third kappa shape index (κ3) is 2.05. The molecule has 1 spiro atoms. The molecule has 0 saturated heterocycles. The van der Waals surface area contributed by atoms with Gasteiger partial charge in [-0.3, -0.25) is 0 Å². The largest absolute Gasteiger partial charge is 0.417 e. The Morgan fingerprint density at radius 3 is 2.31 bits per heavy atom. The van der Waals surface area contributed by atoms with E-state index in [0.29, 0.717) is 10.5 Å². The molecular formula is C14H24OSi. The van der Waals surface area contributed by atoms with Crippen LogP contribution in [0.25, 0.3) is 0 Å². The third-order valence-electron chi connectivity index (χ3n) is 4.58. The molecule has 2 aliphatic carbocycles. The third-order valence-corrected chi connectivity index (χ3v) is 9.08. The maximum absolute atomic E-state index is 6.28. The van der Waals surface area contributed by atoms with E-state index in [9.17, 15) is 0 Å². The van der Waals surface area contributed by atoms with Crippen molar-refractivity contribution >= 4 is 8.32 Å². The van der Waals surface area contributed by atoms with E-state index in [1.54, 1.807) is 0 Å². The SMILES string of the molecule is CC(C)(C)[Si](C)(C)OC[C@H]1CC12C=CC=C2. The summed E-state index contributed by atoms with van der Waals surface area (Å²) < 4.78 is 6.28. The highest BCUT2D eigenvalue weighted by atomic mass is 28.4. The second-order valence-corrected chi connectivity index (χ2v) is 11.6. The van der Waals surface area contributed by atoms with Gasteiger partial charge in [-0.25, -0.2) is 0 Å². The molecule has 0 N–H and O–H groups in total. The summed E-state index contributed by atoms with van der Waals surface area (Å²) >= 11 is 0. The molecule has 0 bridgehead atoms. The quantitative estimate of drug-likeness (QED) is 0.669. The van der Waals surface area contributed by atoms with E-state index in [4.69, 9.17) is 4.43 Å². The maximum Gasteiger partial charge on any atom is 0.191 e. The van der Waals surface area contributed by atoms with Gasteiger partial charge in [-0.15, -0.1) is 0 Å². The summed E-state index contributed by atoms with van der Waals surface area (Å²) in [6.07, 6.45) is 10.3. The van der Waals surface area contributed by atoms with Crippen molar-refractivity contribution in [1.29, 1.82) is 0 Å². The molecule has 90 valence electrons. The van der Waals surface area contributed by atoms with Gasteiger partial charge in [0.15, 0.2) is 8.32 Å². The Morgan fingerprint density at radius 2 is 1.81 bits per heavy atom. The summed E-state index contributed by atoms with van der Waals surface area (Å²) in [5.74, 6) is 0.733. The van der Waals surface area contributed by atoms with E-state index in [1.165, 1.54) is 6.42 Å². The summed E-state index contributed by atoms with van der Waals surface area (Å²) in [6.45, 7) is 12.5. The van der Waals surface area contributed by atoms with E-state index in [-0.39, 0.29) is 0 Å². The lowest BCUT2D eigenvalue weighted by Crippen LogP contribution is -2.41. The van der Waals surface area contributed by atoms with E-state index in [2.05, 4.69) is 58.2 Å². The summed E-state index contributed by atoms with van der Waals surface area (Å²) in [5.41, 5.74) is 0.391. The van der Waals surface area contributed by atoms with Crippen molar-refractivity contribution in [3.05, 3.63) is 24.3 Å². The number of rotatable bonds is 3. The monoisotopic (exact) mass is 236 g/mol. The zero-order chi connectivity index (χ0) is 12.0. The minimum Gasteiger partial charge on any atom is -0.417 e. The van der Waals surface area contributed by atoms with Crippen molar-refractivity contribution in [2.24, 2.45) is 11.3 Å². The first kappa shape index (κ1) is 12.1. The van der Waals surface area contributed by atoms with Gasteiger partial charge in [-0.1, -0.05) is 45.1 Å². The van der Waals surface area contributed by atoms with Gasteiger partial charge in [-0.2, -0.15) is 0 Å². The molecule has 2 aliphatic rings. The van der Waals surface area contributed by atoms with Gasteiger partial charge in [0.2, 0.25) is 0 Å². The Balaban J connectivity index is 1.86. The van der Waals surface area contributed by atoms with Crippen LogP contribution >= 0.6 is 0 Å². The van der Waals surface area contributed by atoms with Crippen LogP contribution in [0.1, 0.15) is 27.2 Å². The van der Waals surface area contributed by atoms with Crippen LogP contribution in [-0.4, -0.2) is 14.9 Å². The highest BCUT2D eigenvalue weighted by Crippen LogP contribution is 2.57. The van der Waals surface area contributed by atoms with Crippen molar-refractivity contribution in [1.82, 2.24) is 0 Å². The summed E-state index contributed by atoms with van der Waals surface area (Å²) in [6, 6.07) is 0. The zero-order valence-electron chi connectivity index (χ0n) is 11.2. The van der Waals surface area contributed by atoms with Gasteiger partial charge in [0, 0.05) is 12.0 Å². The molecule has 0 amide bonds. The lowest BCUT2D eigenvalue weighted by Gasteiger charge is -2.36. The average molecular weight is 236 g/mol. The van der Waals surface area contributed by atoms with Crippen LogP contribution in [0.2, 0.25) is 18.1 Å². The molecule has 0 aromatic heterocycles. The molecular weight excluding hydrogens is 212 g/mol. The maximum atomic E-state index is 6.28. The fourth-order valence-corrected chi connectivity index (χ4v) is 3.09. The minimum absolute atomic E-state index is 0.330. The lowest BCUT2D eigenvalue weighted by atomic mass is 10.1. The molecule has 0 radical (unpaired) electrons. The average Bonchev–Trinajstić information content (AvgIpc) is 2.56. The van der Waals surface area contributed by atoms with Crippen LogP contribution in [0.3, 0.4) is 0 Å². The molecule has 0 unspecified atom stereocenters. The predicted octanol–water partition coefficient (Wildman–Crippen LogP) is 4.14. The van der Waals surface area contributed by atoms with E-state index in [1.807, 2.05) is 0 Å². The number of allylic oxidation sites excluding steroid dienone is 4. The van der Waals surface area contributed by atoms with Crippen molar-refractivity contribution in [2.45, 2.75) is 45.3 Å². The molecule has 1 atom stereocenters. The van der Waals surface area contributed by atoms with E-state index >= 15 is 0 Å². The Hall–Kier alpha value is -0.343. The molecule has 1 fully saturated rings. The molecule has 0 aliphatic heterocycles. The van der Waals surface area contributed by atoms with Crippen LogP contribution in [0.4, 0.5) is 0 Å². The number of hydrogen-bond acceptors (Lipinski definition) is 1. The Labute approximate surface area is 101 Å². The lowest BCUT2D eigenvalue weighted by molar-refractivity contribution is 0.263. The smallest absolute Gasteiger partial charge is 0.191 e. The van der Waals surface area contributed by atoms with Crippen molar-refractivity contribution in [3.8, 4) is 0 Å². The molecule has 1 nitrogen and oxygen atoms in total. The second kappa shape index (κ2) is 3.57. The highest BCUT2D eigenvalue weighted by Gasteiger charge is 2.52. The summed E-state index contributed by atoms with van der Waals surface area (Å²) in [7, 11) is -1.54. The zero-order valence-corrected chi connectivity index (χ0v) is 12.2. The summed E-state index contributed by atoms with van der Waals surface area (Å²) in [5, 5.41) is 0.330.